The number of carbonyl (C=O) groups is 1. The van der Waals surface area contributed by atoms with E-state index >= 15 is 0 Å². The minimum Gasteiger partial charge on any atom is -0.392 e. The van der Waals surface area contributed by atoms with Gasteiger partial charge in [-0.05, 0) is 37.9 Å². The van der Waals surface area contributed by atoms with E-state index in [1.54, 1.807) is 6.20 Å². The Morgan fingerprint density at radius 3 is 2.83 bits per heavy atom. The molecule has 2 aliphatic rings. The van der Waals surface area contributed by atoms with Crippen LogP contribution < -0.4 is 0 Å². The standard InChI is InChI=1S/C18H27N3O3/c1-20-8-6-17(22)16(12-20)18(23)21-9-4-15(5-10-21)24-13-14-3-2-7-19-11-14/h2-3,7,11,15-17,22H,4-6,8-10,12-13H2,1H3/t16-,17-/m1/s1. The van der Waals surface area contributed by atoms with Gasteiger partial charge in [-0.15, -0.1) is 0 Å². The third kappa shape index (κ3) is 4.32. The zero-order chi connectivity index (χ0) is 16.9. The van der Waals surface area contributed by atoms with Crippen LogP contribution in [0.15, 0.2) is 24.5 Å². The van der Waals surface area contributed by atoms with E-state index in [4.69, 9.17) is 4.74 Å². The summed E-state index contributed by atoms with van der Waals surface area (Å²) in [4.78, 5) is 20.8. The van der Waals surface area contributed by atoms with Crippen LogP contribution >= 0.6 is 0 Å². The third-order valence-electron chi connectivity index (χ3n) is 5.06. The summed E-state index contributed by atoms with van der Waals surface area (Å²) in [5.41, 5.74) is 1.07. The lowest BCUT2D eigenvalue weighted by molar-refractivity contribution is -0.144. The lowest BCUT2D eigenvalue weighted by Gasteiger charge is -2.38. The number of aromatic nitrogens is 1. The van der Waals surface area contributed by atoms with Gasteiger partial charge >= 0.3 is 0 Å². The fraction of sp³-hybridized carbons (Fsp3) is 0.667. The number of likely N-dealkylation sites (tertiary alicyclic amines) is 2. The van der Waals surface area contributed by atoms with Crippen molar-refractivity contribution in [3.05, 3.63) is 30.1 Å². The highest BCUT2D eigenvalue weighted by Gasteiger charge is 2.35. The maximum atomic E-state index is 12.7. The molecule has 2 fully saturated rings. The molecule has 0 radical (unpaired) electrons. The van der Waals surface area contributed by atoms with Gasteiger partial charge in [0.05, 0.1) is 24.7 Å². The van der Waals surface area contributed by atoms with E-state index in [-0.39, 0.29) is 17.9 Å². The van der Waals surface area contributed by atoms with Gasteiger partial charge < -0.3 is 19.6 Å². The molecule has 24 heavy (non-hydrogen) atoms. The molecule has 0 bridgehead atoms. The minimum absolute atomic E-state index is 0.0970. The van der Waals surface area contributed by atoms with Crippen LogP contribution in [0.2, 0.25) is 0 Å². The summed E-state index contributed by atoms with van der Waals surface area (Å²) in [6.07, 6.45) is 5.64. The molecule has 6 heteroatoms. The minimum atomic E-state index is -0.506. The molecule has 3 heterocycles. The quantitative estimate of drug-likeness (QED) is 0.887. The zero-order valence-corrected chi connectivity index (χ0v) is 14.3. The number of ether oxygens (including phenoxy) is 1. The number of nitrogens with zero attached hydrogens (tertiary/aromatic N) is 3. The highest BCUT2D eigenvalue weighted by Crippen LogP contribution is 2.22. The molecule has 0 aliphatic carbocycles. The maximum Gasteiger partial charge on any atom is 0.229 e. The number of hydrogen-bond acceptors (Lipinski definition) is 5. The first-order valence-corrected chi connectivity index (χ1v) is 8.79. The van der Waals surface area contributed by atoms with Gasteiger partial charge in [0.15, 0.2) is 0 Å². The number of pyridine rings is 1. The topological polar surface area (TPSA) is 65.9 Å². The molecule has 0 saturated carbocycles. The van der Waals surface area contributed by atoms with E-state index in [9.17, 15) is 9.90 Å². The number of rotatable bonds is 4. The first kappa shape index (κ1) is 17.3. The molecule has 132 valence electrons. The first-order valence-electron chi connectivity index (χ1n) is 8.79. The highest BCUT2D eigenvalue weighted by atomic mass is 16.5. The van der Waals surface area contributed by atoms with E-state index in [0.717, 1.165) is 24.9 Å². The zero-order valence-electron chi connectivity index (χ0n) is 14.3. The number of piperidine rings is 2. The number of carbonyl (C=O) groups excluding carboxylic acids is 1. The van der Waals surface area contributed by atoms with E-state index in [2.05, 4.69) is 9.88 Å². The second kappa shape index (κ2) is 8.05. The molecule has 1 aromatic heterocycles. The van der Waals surface area contributed by atoms with E-state index in [0.29, 0.717) is 32.7 Å². The third-order valence-corrected chi connectivity index (χ3v) is 5.06. The van der Waals surface area contributed by atoms with Crippen molar-refractivity contribution >= 4 is 5.91 Å². The van der Waals surface area contributed by atoms with Crippen molar-refractivity contribution in [2.75, 3.05) is 33.2 Å². The van der Waals surface area contributed by atoms with Gasteiger partial charge in [-0.1, -0.05) is 6.07 Å². The Morgan fingerprint density at radius 1 is 1.33 bits per heavy atom. The number of aliphatic hydroxyl groups is 1. The Bertz CT molecular complexity index is 532. The van der Waals surface area contributed by atoms with Crippen LogP contribution in [-0.4, -0.2) is 71.2 Å². The number of amides is 1. The summed E-state index contributed by atoms with van der Waals surface area (Å²) in [5.74, 6) is -0.184. The summed E-state index contributed by atoms with van der Waals surface area (Å²) in [6, 6.07) is 3.92. The highest BCUT2D eigenvalue weighted by molar-refractivity contribution is 5.80. The molecule has 2 saturated heterocycles. The predicted octanol–water partition coefficient (Wildman–Crippen LogP) is 0.902. The molecule has 3 rings (SSSR count). The average Bonchev–Trinajstić information content (AvgIpc) is 2.63. The van der Waals surface area contributed by atoms with Crippen molar-refractivity contribution in [2.45, 2.75) is 38.1 Å². The van der Waals surface area contributed by atoms with Gasteiger partial charge in [0.2, 0.25) is 5.91 Å². The molecule has 1 aromatic rings. The molecular weight excluding hydrogens is 306 g/mol. The van der Waals surface area contributed by atoms with Gasteiger partial charge in [0.25, 0.3) is 0 Å². The maximum absolute atomic E-state index is 12.7. The van der Waals surface area contributed by atoms with Gasteiger partial charge in [-0.2, -0.15) is 0 Å². The van der Waals surface area contributed by atoms with E-state index in [1.807, 2.05) is 30.3 Å². The summed E-state index contributed by atoms with van der Waals surface area (Å²) in [7, 11) is 2.00. The summed E-state index contributed by atoms with van der Waals surface area (Å²) >= 11 is 0. The van der Waals surface area contributed by atoms with E-state index < -0.39 is 6.10 Å². The molecule has 6 nitrogen and oxygen atoms in total. The lowest BCUT2D eigenvalue weighted by atomic mass is 9.92. The largest absolute Gasteiger partial charge is 0.392 e. The fourth-order valence-corrected chi connectivity index (χ4v) is 3.52. The van der Waals surface area contributed by atoms with E-state index in [1.165, 1.54) is 0 Å². The SMILES string of the molecule is CN1CC[C@@H](O)[C@H](C(=O)N2CCC(OCc3cccnc3)CC2)C1. The van der Waals surface area contributed by atoms with Crippen molar-refractivity contribution in [2.24, 2.45) is 5.92 Å². The Hall–Kier alpha value is -1.50. The lowest BCUT2D eigenvalue weighted by Crippen LogP contribution is -2.52. The smallest absolute Gasteiger partial charge is 0.229 e. The second-order valence-electron chi connectivity index (χ2n) is 6.92. The van der Waals surface area contributed by atoms with Crippen molar-refractivity contribution < 1.29 is 14.6 Å². The van der Waals surface area contributed by atoms with Gasteiger partial charge in [-0.3, -0.25) is 9.78 Å². The Kier molecular flexibility index (Phi) is 5.81. The molecular formula is C18H27N3O3. The van der Waals surface area contributed by atoms with Crippen LogP contribution in [0.3, 0.4) is 0 Å². The van der Waals surface area contributed by atoms with Gasteiger partial charge in [-0.25, -0.2) is 0 Å². The second-order valence-corrected chi connectivity index (χ2v) is 6.92. The first-order chi connectivity index (χ1) is 11.6. The molecule has 2 atom stereocenters. The van der Waals surface area contributed by atoms with Crippen molar-refractivity contribution in [1.29, 1.82) is 0 Å². The average molecular weight is 333 g/mol. The predicted molar refractivity (Wildman–Crippen MR) is 90.2 cm³/mol. The molecule has 0 aromatic carbocycles. The van der Waals surface area contributed by atoms with Crippen LogP contribution in [0.5, 0.6) is 0 Å². The normalized spacial score (nSPS) is 26.5. The van der Waals surface area contributed by atoms with Crippen LogP contribution in [0.25, 0.3) is 0 Å². The van der Waals surface area contributed by atoms with Crippen LogP contribution in [0, 0.1) is 5.92 Å². The van der Waals surface area contributed by atoms with Crippen LogP contribution in [-0.2, 0) is 16.1 Å². The molecule has 1 amide bonds. The Balaban J connectivity index is 1.45. The number of hydrogen-bond donors (Lipinski definition) is 1. The van der Waals surface area contributed by atoms with Crippen molar-refractivity contribution in [3.8, 4) is 0 Å². The van der Waals surface area contributed by atoms with Crippen molar-refractivity contribution in [3.63, 3.8) is 0 Å². The fourth-order valence-electron chi connectivity index (χ4n) is 3.52. The van der Waals surface area contributed by atoms with Crippen molar-refractivity contribution in [1.82, 2.24) is 14.8 Å². The summed E-state index contributed by atoms with van der Waals surface area (Å²) in [5, 5.41) is 10.1. The Labute approximate surface area is 143 Å². The molecule has 1 N–H and O–H groups in total. The molecule has 2 aliphatic heterocycles. The summed E-state index contributed by atoms with van der Waals surface area (Å²) in [6.45, 7) is 3.50. The Morgan fingerprint density at radius 2 is 2.12 bits per heavy atom. The van der Waals surface area contributed by atoms with Crippen LogP contribution in [0.4, 0.5) is 0 Å². The number of aliphatic hydroxyl groups excluding tert-OH is 1. The monoisotopic (exact) mass is 333 g/mol. The van der Waals surface area contributed by atoms with Gasteiger partial charge in [0, 0.05) is 38.6 Å². The molecule has 0 spiro atoms. The van der Waals surface area contributed by atoms with Gasteiger partial charge in [0.1, 0.15) is 0 Å². The van der Waals surface area contributed by atoms with Crippen LogP contribution in [0.1, 0.15) is 24.8 Å². The summed E-state index contributed by atoms with van der Waals surface area (Å²) < 4.78 is 5.95. The molecule has 0 unspecified atom stereocenters.